The lowest BCUT2D eigenvalue weighted by Crippen LogP contribution is -2.35. The second kappa shape index (κ2) is 8.62. The van der Waals surface area contributed by atoms with E-state index in [1.165, 1.54) is 0 Å². The highest BCUT2D eigenvalue weighted by Gasteiger charge is 2.18. The number of aromatic hydroxyl groups is 1. The van der Waals surface area contributed by atoms with Gasteiger partial charge in [0.05, 0.1) is 7.11 Å². The number of amides is 1. The van der Waals surface area contributed by atoms with Gasteiger partial charge >= 0.3 is 6.09 Å². The molecule has 0 aromatic heterocycles. The van der Waals surface area contributed by atoms with Crippen LogP contribution >= 0.6 is 0 Å². The Morgan fingerprint density at radius 2 is 2.04 bits per heavy atom. The predicted octanol–water partition coefficient (Wildman–Crippen LogP) is 2.75. The summed E-state index contributed by atoms with van der Waals surface area (Å²) < 4.78 is 10.4. The number of carbonyl (C=O) groups is 1. The molecule has 2 N–H and O–H groups in total. The van der Waals surface area contributed by atoms with Crippen LogP contribution in [0.2, 0.25) is 0 Å². The van der Waals surface area contributed by atoms with Crippen molar-refractivity contribution >= 4 is 6.09 Å². The van der Waals surface area contributed by atoms with Gasteiger partial charge in [-0.25, -0.2) is 4.79 Å². The fourth-order valence-corrected chi connectivity index (χ4v) is 1.93. The summed E-state index contributed by atoms with van der Waals surface area (Å²) in [6, 6.07) is 5.13. The molecule has 1 aromatic carbocycles. The van der Waals surface area contributed by atoms with Crippen LogP contribution in [0.4, 0.5) is 4.79 Å². The molecule has 0 spiro atoms. The van der Waals surface area contributed by atoms with Crippen LogP contribution in [0, 0.1) is 0 Å². The fraction of sp³-hybridized carbons (Fsp3) is 0.588. The van der Waals surface area contributed by atoms with E-state index in [-0.39, 0.29) is 11.8 Å². The van der Waals surface area contributed by atoms with Gasteiger partial charge in [0.15, 0.2) is 0 Å². The molecule has 0 bridgehead atoms. The van der Waals surface area contributed by atoms with E-state index in [0.717, 1.165) is 18.5 Å². The van der Waals surface area contributed by atoms with E-state index in [1.807, 2.05) is 20.8 Å². The Morgan fingerprint density at radius 3 is 2.65 bits per heavy atom. The smallest absolute Gasteiger partial charge is 0.410 e. The predicted molar refractivity (Wildman–Crippen MR) is 89.8 cm³/mol. The van der Waals surface area contributed by atoms with Crippen LogP contribution in [0.25, 0.3) is 0 Å². The van der Waals surface area contributed by atoms with Gasteiger partial charge in [0.2, 0.25) is 0 Å². The van der Waals surface area contributed by atoms with Crippen LogP contribution in [-0.2, 0) is 11.3 Å². The minimum atomic E-state index is -0.479. The third-order valence-corrected chi connectivity index (χ3v) is 3.15. The number of phenols is 1. The SMILES string of the molecule is COc1ccc(O)c(CNCCCN(C)C(=O)OC(C)(C)C)c1. The number of hydrogen-bond donors (Lipinski definition) is 2. The molecule has 0 aliphatic rings. The number of nitrogens with zero attached hydrogens (tertiary/aromatic N) is 1. The van der Waals surface area contributed by atoms with Crippen molar-refractivity contribution in [1.29, 1.82) is 0 Å². The zero-order valence-electron chi connectivity index (χ0n) is 14.7. The number of methoxy groups -OCH3 is 1. The van der Waals surface area contributed by atoms with E-state index < -0.39 is 5.60 Å². The van der Waals surface area contributed by atoms with Crippen molar-refractivity contribution in [2.24, 2.45) is 0 Å². The average molecular weight is 324 g/mol. The van der Waals surface area contributed by atoms with Gasteiger partial charge in [0.25, 0.3) is 0 Å². The number of hydrogen-bond acceptors (Lipinski definition) is 5. The van der Waals surface area contributed by atoms with Gasteiger partial charge in [-0.15, -0.1) is 0 Å². The lowest BCUT2D eigenvalue weighted by molar-refractivity contribution is 0.0297. The normalized spacial score (nSPS) is 11.2. The Hall–Kier alpha value is -1.95. The van der Waals surface area contributed by atoms with Gasteiger partial charge in [-0.1, -0.05) is 0 Å². The van der Waals surface area contributed by atoms with Gasteiger partial charge in [-0.2, -0.15) is 0 Å². The molecule has 0 unspecified atom stereocenters. The second-order valence-electron chi connectivity index (χ2n) is 6.43. The minimum Gasteiger partial charge on any atom is -0.508 e. The first-order valence-corrected chi connectivity index (χ1v) is 7.73. The summed E-state index contributed by atoms with van der Waals surface area (Å²) in [5.74, 6) is 0.952. The van der Waals surface area contributed by atoms with Crippen LogP contribution in [0.3, 0.4) is 0 Å². The quantitative estimate of drug-likeness (QED) is 0.755. The zero-order chi connectivity index (χ0) is 17.5. The standard InChI is InChI=1S/C17H28N2O4/c1-17(2,3)23-16(21)19(4)10-6-9-18-12-13-11-14(22-5)7-8-15(13)20/h7-8,11,18,20H,6,9-10,12H2,1-5H3. The van der Waals surface area contributed by atoms with Gasteiger partial charge < -0.3 is 24.8 Å². The molecule has 0 saturated carbocycles. The maximum absolute atomic E-state index is 11.8. The third-order valence-electron chi connectivity index (χ3n) is 3.15. The highest BCUT2D eigenvalue weighted by molar-refractivity contribution is 5.67. The summed E-state index contributed by atoms with van der Waals surface area (Å²) in [5, 5.41) is 13.0. The van der Waals surface area contributed by atoms with Crippen LogP contribution in [0.15, 0.2) is 18.2 Å². The van der Waals surface area contributed by atoms with E-state index in [4.69, 9.17) is 9.47 Å². The van der Waals surface area contributed by atoms with Crippen LogP contribution < -0.4 is 10.1 Å². The Morgan fingerprint density at radius 1 is 1.35 bits per heavy atom. The van der Waals surface area contributed by atoms with Crippen LogP contribution in [0.5, 0.6) is 11.5 Å². The number of benzene rings is 1. The molecule has 0 aliphatic heterocycles. The summed E-state index contributed by atoms with van der Waals surface area (Å²) in [5.41, 5.74) is 0.304. The van der Waals surface area contributed by atoms with Gasteiger partial charge in [-0.05, 0) is 51.9 Å². The molecule has 1 amide bonds. The topological polar surface area (TPSA) is 71.0 Å². The van der Waals surface area contributed by atoms with Crippen molar-refractivity contribution in [2.75, 3.05) is 27.2 Å². The van der Waals surface area contributed by atoms with E-state index in [9.17, 15) is 9.90 Å². The largest absolute Gasteiger partial charge is 0.508 e. The first-order chi connectivity index (χ1) is 10.7. The number of carbonyl (C=O) groups excluding carboxylic acids is 1. The Kier molecular flexibility index (Phi) is 7.16. The molecule has 0 saturated heterocycles. The number of nitrogens with one attached hydrogen (secondary N) is 1. The van der Waals surface area contributed by atoms with Crippen molar-refractivity contribution in [3.05, 3.63) is 23.8 Å². The van der Waals surface area contributed by atoms with E-state index in [2.05, 4.69) is 5.32 Å². The molecule has 0 heterocycles. The Labute approximate surface area is 138 Å². The lowest BCUT2D eigenvalue weighted by Gasteiger charge is -2.24. The average Bonchev–Trinajstić information content (AvgIpc) is 2.46. The summed E-state index contributed by atoms with van der Waals surface area (Å²) in [7, 11) is 3.32. The molecule has 23 heavy (non-hydrogen) atoms. The number of rotatable bonds is 7. The molecule has 1 aromatic rings. The first-order valence-electron chi connectivity index (χ1n) is 7.73. The maximum atomic E-state index is 11.8. The highest BCUT2D eigenvalue weighted by Crippen LogP contribution is 2.22. The molecular formula is C17H28N2O4. The summed E-state index contributed by atoms with van der Waals surface area (Å²) in [6.07, 6.45) is 0.475. The number of phenolic OH excluding ortho intramolecular Hbond substituents is 1. The highest BCUT2D eigenvalue weighted by atomic mass is 16.6. The molecule has 130 valence electrons. The zero-order valence-corrected chi connectivity index (χ0v) is 14.7. The first kappa shape index (κ1) is 19.1. The molecule has 1 rings (SSSR count). The molecule has 0 radical (unpaired) electrons. The second-order valence-corrected chi connectivity index (χ2v) is 6.43. The molecule has 0 aliphatic carbocycles. The van der Waals surface area contributed by atoms with Gasteiger partial charge in [-0.3, -0.25) is 0 Å². The molecule has 0 atom stereocenters. The van der Waals surface area contributed by atoms with Crippen molar-refractivity contribution in [2.45, 2.75) is 39.3 Å². The van der Waals surface area contributed by atoms with Gasteiger partial charge in [0.1, 0.15) is 17.1 Å². The van der Waals surface area contributed by atoms with E-state index in [0.29, 0.717) is 18.8 Å². The van der Waals surface area contributed by atoms with E-state index >= 15 is 0 Å². The lowest BCUT2D eigenvalue weighted by atomic mass is 10.2. The van der Waals surface area contributed by atoms with Crippen molar-refractivity contribution in [3.8, 4) is 11.5 Å². The third kappa shape index (κ3) is 7.23. The Balaban J connectivity index is 2.29. The summed E-state index contributed by atoms with van der Waals surface area (Å²) >= 11 is 0. The molecule has 6 nitrogen and oxygen atoms in total. The summed E-state index contributed by atoms with van der Waals surface area (Å²) in [4.78, 5) is 13.4. The molecule has 0 fully saturated rings. The maximum Gasteiger partial charge on any atom is 0.410 e. The van der Waals surface area contributed by atoms with Crippen LogP contribution in [-0.4, -0.2) is 48.9 Å². The fourth-order valence-electron chi connectivity index (χ4n) is 1.93. The van der Waals surface area contributed by atoms with Crippen molar-refractivity contribution < 1.29 is 19.4 Å². The van der Waals surface area contributed by atoms with Gasteiger partial charge in [0, 0.05) is 25.7 Å². The minimum absolute atomic E-state index is 0.240. The number of ether oxygens (including phenoxy) is 2. The molecule has 6 heteroatoms. The van der Waals surface area contributed by atoms with E-state index in [1.54, 1.807) is 37.3 Å². The van der Waals surface area contributed by atoms with Crippen LogP contribution in [0.1, 0.15) is 32.8 Å². The molecular weight excluding hydrogens is 296 g/mol. The Bertz CT molecular complexity index is 512. The summed E-state index contributed by atoms with van der Waals surface area (Å²) in [6.45, 7) is 7.41. The van der Waals surface area contributed by atoms with Crippen molar-refractivity contribution in [3.63, 3.8) is 0 Å². The van der Waals surface area contributed by atoms with Crippen molar-refractivity contribution in [1.82, 2.24) is 10.2 Å². The monoisotopic (exact) mass is 324 g/mol.